The minimum Gasteiger partial charge on any atom is -0.497 e. The van der Waals surface area contributed by atoms with Crippen molar-refractivity contribution in [1.29, 1.82) is 5.26 Å². The molecule has 178 valence electrons. The Bertz CT molecular complexity index is 1300. The highest BCUT2D eigenvalue weighted by Gasteiger charge is 2.18. The van der Waals surface area contributed by atoms with Gasteiger partial charge < -0.3 is 19.5 Å². The molecule has 0 aliphatic rings. The van der Waals surface area contributed by atoms with Gasteiger partial charge in [0.15, 0.2) is 11.5 Å². The van der Waals surface area contributed by atoms with Gasteiger partial charge in [-0.25, -0.2) is 4.79 Å². The third-order valence-electron chi connectivity index (χ3n) is 4.63. The minimum atomic E-state index is -0.579. The highest BCUT2D eigenvalue weighted by Crippen LogP contribution is 2.38. The van der Waals surface area contributed by atoms with Crippen LogP contribution in [-0.4, -0.2) is 25.6 Å². The first-order valence-electron chi connectivity index (χ1n) is 10.4. The number of nitrogens with one attached hydrogen (secondary N) is 1. The first-order chi connectivity index (χ1) is 16.8. The maximum Gasteiger partial charge on any atom is 0.343 e. The number of amides is 1. The summed E-state index contributed by atoms with van der Waals surface area (Å²) < 4.78 is 17.7. The van der Waals surface area contributed by atoms with E-state index >= 15 is 0 Å². The number of esters is 1. The summed E-state index contributed by atoms with van der Waals surface area (Å²) in [5.41, 5.74) is 1.29. The molecule has 0 aliphatic carbocycles. The molecule has 3 aromatic carbocycles. The van der Waals surface area contributed by atoms with Crippen LogP contribution < -0.4 is 19.5 Å². The van der Waals surface area contributed by atoms with Crippen LogP contribution in [0.3, 0.4) is 0 Å². The Labute approximate surface area is 219 Å². The van der Waals surface area contributed by atoms with Crippen molar-refractivity contribution in [2.24, 2.45) is 0 Å². The van der Waals surface area contributed by atoms with E-state index in [1.165, 1.54) is 13.2 Å². The Balaban J connectivity index is 1.86. The number of carbonyl (C=O) groups excluding carboxylic acids is 2. The van der Waals surface area contributed by atoms with E-state index in [-0.39, 0.29) is 17.1 Å². The van der Waals surface area contributed by atoms with Crippen LogP contribution in [0.1, 0.15) is 22.8 Å². The van der Waals surface area contributed by atoms with E-state index < -0.39 is 11.9 Å². The fourth-order valence-electron chi connectivity index (χ4n) is 2.96. The van der Waals surface area contributed by atoms with E-state index in [0.717, 1.165) is 4.47 Å². The number of rotatable bonds is 8. The molecule has 35 heavy (non-hydrogen) atoms. The van der Waals surface area contributed by atoms with Gasteiger partial charge in [0.25, 0.3) is 5.91 Å². The maximum absolute atomic E-state index is 12.7. The lowest BCUT2D eigenvalue weighted by Gasteiger charge is -2.14. The SMILES string of the molecule is CCOc1cc(/C=C(\C#N)C(=O)Nc2ccc(Br)cc2)cc(Br)c1OC(=O)c1ccc(OC)cc1. The van der Waals surface area contributed by atoms with Gasteiger partial charge in [-0.1, -0.05) is 15.9 Å². The molecule has 0 unspecified atom stereocenters. The number of halogens is 2. The highest BCUT2D eigenvalue weighted by molar-refractivity contribution is 9.10. The maximum atomic E-state index is 12.7. The van der Waals surface area contributed by atoms with Crippen molar-refractivity contribution < 1.29 is 23.8 Å². The number of anilines is 1. The van der Waals surface area contributed by atoms with Gasteiger partial charge in [0, 0.05) is 10.2 Å². The van der Waals surface area contributed by atoms with Crippen LogP contribution in [0.25, 0.3) is 6.08 Å². The fourth-order valence-corrected chi connectivity index (χ4v) is 3.76. The molecule has 0 saturated carbocycles. The van der Waals surface area contributed by atoms with Crippen molar-refractivity contribution >= 4 is 55.5 Å². The van der Waals surface area contributed by atoms with Crippen LogP contribution in [0.15, 0.2) is 75.2 Å². The Morgan fingerprint density at radius 1 is 1.06 bits per heavy atom. The van der Waals surface area contributed by atoms with Gasteiger partial charge >= 0.3 is 5.97 Å². The van der Waals surface area contributed by atoms with Crippen LogP contribution in [-0.2, 0) is 4.79 Å². The number of nitriles is 1. The quantitative estimate of drug-likeness (QED) is 0.140. The number of ether oxygens (including phenoxy) is 3. The molecule has 0 saturated heterocycles. The van der Waals surface area contributed by atoms with Crippen LogP contribution in [0.2, 0.25) is 0 Å². The second-order valence-electron chi connectivity index (χ2n) is 7.01. The minimum absolute atomic E-state index is 0.106. The van der Waals surface area contributed by atoms with Gasteiger partial charge in [0.2, 0.25) is 0 Å². The number of carbonyl (C=O) groups is 2. The fraction of sp³-hybridized carbons (Fsp3) is 0.115. The first kappa shape index (κ1) is 26.0. The molecule has 1 N–H and O–H groups in total. The molecule has 0 atom stereocenters. The second kappa shape index (κ2) is 12.2. The van der Waals surface area contributed by atoms with Gasteiger partial charge in [-0.15, -0.1) is 0 Å². The molecule has 0 aliphatic heterocycles. The summed E-state index contributed by atoms with van der Waals surface area (Å²) in [6.07, 6.45) is 1.43. The predicted octanol–water partition coefficient (Wildman–Crippen LogP) is 6.38. The summed E-state index contributed by atoms with van der Waals surface area (Å²) in [6, 6.07) is 18.6. The van der Waals surface area contributed by atoms with E-state index in [9.17, 15) is 14.9 Å². The Hall–Kier alpha value is -3.61. The lowest BCUT2D eigenvalue weighted by Crippen LogP contribution is -2.13. The average molecular weight is 600 g/mol. The molecule has 0 aromatic heterocycles. The number of benzene rings is 3. The van der Waals surface area contributed by atoms with Gasteiger partial charge in [-0.05, 0) is 95.2 Å². The van der Waals surface area contributed by atoms with E-state index in [0.29, 0.717) is 33.6 Å². The molecular formula is C26H20Br2N2O5. The first-order valence-corrected chi connectivity index (χ1v) is 11.9. The van der Waals surface area contributed by atoms with E-state index in [2.05, 4.69) is 37.2 Å². The van der Waals surface area contributed by atoms with Crippen LogP contribution >= 0.6 is 31.9 Å². The van der Waals surface area contributed by atoms with Crippen molar-refractivity contribution in [3.63, 3.8) is 0 Å². The molecule has 0 heterocycles. The normalized spacial score (nSPS) is 10.8. The molecule has 7 nitrogen and oxygen atoms in total. The molecule has 0 bridgehead atoms. The van der Waals surface area contributed by atoms with Crippen LogP contribution in [0, 0.1) is 11.3 Å². The van der Waals surface area contributed by atoms with Gasteiger partial charge in [-0.3, -0.25) is 4.79 Å². The van der Waals surface area contributed by atoms with Crippen molar-refractivity contribution in [3.05, 3.63) is 86.3 Å². The highest BCUT2D eigenvalue weighted by atomic mass is 79.9. The molecule has 1 amide bonds. The molecule has 0 fully saturated rings. The van der Waals surface area contributed by atoms with Crippen LogP contribution in [0.4, 0.5) is 5.69 Å². The van der Waals surface area contributed by atoms with Crippen molar-refractivity contribution in [1.82, 2.24) is 0 Å². The number of nitrogens with zero attached hydrogens (tertiary/aromatic N) is 1. The van der Waals surface area contributed by atoms with Crippen LogP contribution in [0.5, 0.6) is 17.2 Å². The van der Waals surface area contributed by atoms with E-state index in [1.54, 1.807) is 67.6 Å². The van der Waals surface area contributed by atoms with Crippen molar-refractivity contribution in [2.75, 3.05) is 19.0 Å². The summed E-state index contributed by atoms with van der Waals surface area (Å²) >= 11 is 6.74. The van der Waals surface area contributed by atoms with Crippen molar-refractivity contribution in [2.45, 2.75) is 6.92 Å². The Kier molecular flexibility index (Phi) is 9.06. The van der Waals surface area contributed by atoms with E-state index in [1.807, 2.05) is 6.07 Å². The molecule has 0 radical (unpaired) electrons. The zero-order valence-corrected chi connectivity index (χ0v) is 22.0. The van der Waals surface area contributed by atoms with Gasteiger partial charge in [0.1, 0.15) is 17.4 Å². The lowest BCUT2D eigenvalue weighted by atomic mass is 10.1. The standard InChI is InChI=1S/C26H20Br2N2O5/c1-3-34-23-14-16(12-18(15-29)25(31)30-20-8-6-19(27)7-9-20)13-22(28)24(23)35-26(32)17-4-10-21(33-2)11-5-17/h4-14H,3H2,1-2H3,(H,30,31)/b18-12+. The van der Waals surface area contributed by atoms with Gasteiger partial charge in [-0.2, -0.15) is 5.26 Å². The lowest BCUT2D eigenvalue weighted by molar-refractivity contribution is -0.112. The Morgan fingerprint density at radius 3 is 2.34 bits per heavy atom. The monoisotopic (exact) mass is 598 g/mol. The van der Waals surface area contributed by atoms with E-state index in [4.69, 9.17) is 14.2 Å². The molecular weight excluding hydrogens is 580 g/mol. The van der Waals surface area contributed by atoms with Crippen molar-refractivity contribution in [3.8, 4) is 23.3 Å². The largest absolute Gasteiger partial charge is 0.497 e. The summed E-state index contributed by atoms with van der Waals surface area (Å²) in [6.45, 7) is 2.10. The molecule has 3 rings (SSSR count). The molecule has 3 aromatic rings. The third-order valence-corrected chi connectivity index (χ3v) is 5.75. The average Bonchev–Trinajstić information content (AvgIpc) is 2.86. The summed E-state index contributed by atoms with van der Waals surface area (Å²) in [7, 11) is 1.54. The smallest absolute Gasteiger partial charge is 0.343 e. The Morgan fingerprint density at radius 2 is 1.74 bits per heavy atom. The summed E-state index contributed by atoms with van der Waals surface area (Å²) in [5.74, 6) is -0.0577. The van der Waals surface area contributed by atoms with Gasteiger partial charge in [0.05, 0.1) is 23.8 Å². The molecule has 0 spiro atoms. The molecule has 9 heteroatoms. The zero-order chi connectivity index (χ0) is 25.4. The predicted molar refractivity (Wildman–Crippen MR) is 140 cm³/mol. The topological polar surface area (TPSA) is 97.6 Å². The second-order valence-corrected chi connectivity index (χ2v) is 8.78. The third kappa shape index (κ3) is 6.94. The summed E-state index contributed by atoms with van der Waals surface area (Å²) in [4.78, 5) is 25.3. The number of methoxy groups -OCH3 is 1. The number of hydrogen-bond acceptors (Lipinski definition) is 6. The summed E-state index contributed by atoms with van der Waals surface area (Å²) in [5, 5.41) is 12.2. The number of hydrogen-bond donors (Lipinski definition) is 1. The zero-order valence-electron chi connectivity index (χ0n) is 18.8.